The molecule has 0 amide bonds. The molecule has 0 spiro atoms. The van der Waals surface area contributed by atoms with Gasteiger partial charge in [-0.1, -0.05) is 32.9 Å². The molecule has 0 atom stereocenters. The first kappa shape index (κ1) is 15.4. The number of ether oxygens (including phenoxy) is 1. The first-order valence-corrected chi connectivity index (χ1v) is 7.15. The number of aromatic nitrogens is 2. The first-order valence-electron chi connectivity index (χ1n) is 7.15. The highest BCUT2D eigenvalue weighted by molar-refractivity contribution is 5.56. The molecular formula is C16H24N4O. The van der Waals surface area contributed by atoms with Crippen molar-refractivity contribution in [3.63, 3.8) is 0 Å². The van der Waals surface area contributed by atoms with E-state index in [9.17, 15) is 0 Å². The minimum Gasteiger partial charge on any atom is -0.494 e. The number of para-hydroxylation sites is 2. The molecule has 5 heteroatoms. The van der Waals surface area contributed by atoms with Gasteiger partial charge in [-0.25, -0.2) is 4.68 Å². The second-order valence-corrected chi connectivity index (χ2v) is 5.96. The molecule has 0 aliphatic carbocycles. The Bertz CT molecular complexity index is 599. The monoisotopic (exact) mass is 288 g/mol. The van der Waals surface area contributed by atoms with Crippen LogP contribution in [0.4, 0.5) is 5.69 Å². The summed E-state index contributed by atoms with van der Waals surface area (Å²) in [5.41, 5.74) is 8.59. The van der Waals surface area contributed by atoms with Gasteiger partial charge >= 0.3 is 0 Å². The molecule has 0 unspecified atom stereocenters. The molecule has 0 saturated carbocycles. The van der Waals surface area contributed by atoms with Crippen LogP contribution in [0, 0.1) is 0 Å². The zero-order chi connectivity index (χ0) is 15.5. The SMILES string of the molecule is COc1ccccc1-n1ncc(NCCN)c1C(C)(C)C. The van der Waals surface area contributed by atoms with Crippen LogP contribution < -0.4 is 15.8 Å². The van der Waals surface area contributed by atoms with Gasteiger partial charge in [0, 0.05) is 18.5 Å². The quantitative estimate of drug-likeness (QED) is 0.887. The number of methoxy groups -OCH3 is 1. The molecule has 0 saturated heterocycles. The zero-order valence-electron chi connectivity index (χ0n) is 13.2. The summed E-state index contributed by atoms with van der Waals surface area (Å²) in [5, 5.41) is 7.90. The van der Waals surface area contributed by atoms with Crippen molar-refractivity contribution in [3.8, 4) is 11.4 Å². The topological polar surface area (TPSA) is 65.1 Å². The predicted molar refractivity (Wildman–Crippen MR) is 86.4 cm³/mol. The summed E-state index contributed by atoms with van der Waals surface area (Å²) in [5.74, 6) is 0.802. The lowest BCUT2D eigenvalue weighted by Gasteiger charge is -2.23. The third kappa shape index (κ3) is 3.19. The van der Waals surface area contributed by atoms with Crippen molar-refractivity contribution in [1.82, 2.24) is 9.78 Å². The fourth-order valence-corrected chi connectivity index (χ4v) is 2.39. The minimum absolute atomic E-state index is 0.0612. The maximum atomic E-state index is 5.59. The molecule has 5 nitrogen and oxygen atoms in total. The molecule has 1 aromatic carbocycles. The van der Waals surface area contributed by atoms with Gasteiger partial charge in [0.2, 0.25) is 0 Å². The van der Waals surface area contributed by atoms with Gasteiger partial charge in [0.25, 0.3) is 0 Å². The molecule has 0 aliphatic rings. The number of nitrogens with zero attached hydrogens (tertiary/aromatic N) is 2. The van der Waals surface area contributed by atoms with E-state index in [1.807, 2.05) is 35.1 Å². The average Bonchev–Trinajstić information content (AvgIpc) is 2.88. The molecular weight excluding hydrogens is 264 g/mol. The van der Waals surface area contributed by atoms with Crippen LogP contribution in [0.25, 0.3) is 5.69 Å². The molecule has 1 aromatic heterocycles. The summed E-state index contributed by atoms with van der Waals surface area (Å²) in [7, 11) is 1.67. The van der Waals surface area contributed by atoms with Crippen molar-refractivity contribution in [1.29, 1.82) is 0 Å². The van der Waals surface area contributed by atoms with E-state index < -0.39 is 0 Å². The van der Waals surface area contributed by atoms with E-state index in [2.05, 4.69) is 31.2 Å². The van der Waals surface area contributed by atoms with Crippen LogP contribution in [0.15, 0.2) is 30.5 Å². The Morgan fingerprint density at radius 3 is 2.62 bits per heavy atom. The second-order valence-electron chi connectivity index (χ2n) is 5.96. The van der Waals surface area contributed by atoms with E-state index in [0.29, 0.717) is 6.54 Å². The first-order chi connectivity index (χ1) is 9.99. The van der Waals surface area contributed by atoms with Crippen LogP contribution in [-0.2, 0) is 5.41 Å². The van der Waals surface area contributed by atoms with Gasteiger partial charge < -0.3 is 15.8 Å². The Labute approximate surface area is 126 Å². The molecule has 114 valence electrons. The predicted octanol–water partition coefficient (Wildman–Crippen LogP) is 2.55. The summed E-state index contributed by atoms with van der Waals surface area (Å²) in [6.45, 7) is 7.82. The largest absolute Gasteiger partial charge is 0.494 e. The van der Waals surface area contributed by atoms with E-state index in [0.717, 1.165) is 29.4 Å². The summed E-state index contributed by atoms with van der Waals surface area (Å²) in [4.78, 5) is 0. The molecule has 0 radical (unpaired) electrons. The average molecular weight is 288 g/mol. The maximum Gasteiger partial charge on any atom is 0.144 e. The van der Waals surface area contributed by atoms with E-state index in [1.54, 1.807) is 7.11 Å². The van der Waals surface area contributed by atoms with Gasteiger partial charge in [0.05, 0.1) is 24.7 Å². The lowest BCUT2D eigenvalue weighted by Crippen LogP contribution is -2.21. The van der Waals surface area contributed by atoms with Gasteiger partial charge in [-0.2, -0.15) is 5.10 Å². The van der Waals surface area contributed by atoms with Crippen LogP contribution >= 0.6 is 0 Å². The van der Waals surface area contributed by atoms with Crippen molar-refractivity contribution in [2.24, 2.45) is 5.73 Å². The van der Waals surface area contributed by atoms with Gasteiger partial charge in [-0.05, 0) is 12.1 Å². The molecule has 0 fully saturated rings. The fourth-order valence-electron chi connectivity index (χ4n) is 2.39. The van der Waals surface area contributed by atoms with Crippen molar-refractivity contribution in [3.05, 3.63) is 36.2 Å². The molecule has 3 N–H and O–H groups in total. The molecule has 0 bridgehead atoms. The molecule has 0 aliphatic heterocycles. The van der Waals surface area contributed by atoms with E-state index in [-0.39, 0.29) is 5.41 Å². The summed E-state index contributed by atoms with van der Waals surface area (Å²) >= 11 is 0. The van der Waals surface area contributed by atoms with Gasteiger partial charge in [-0.15, -0.1) is 0 Å². The van der Waals surface area contributed by atoms with Crippen molar-refractivity contribution in [2.45, 2.75) is 26.2 Å². The minimum atomic E-state index is -0.0612. The van der Waals surface area contributed by atoms with Crippen LogP contribution in [-0.4, -0.2) is 30.0 Å². The van der Waals surface area contributed by atoms with Gasteiger partial charge in [-0.3, -0.25) is 0 Å². The van der Waals surface area contributed by atoms with Crippen LogP contribution in [0.2, 0.25) is 0 Å². The Balaban J connectivity index is 2.56. The maximum absolute atomic E-state index is 5.59. The number of rotatable bonds is 5. The smallest absolute Gasteiger partial charge is 0.144 e. The summed E-state index contributed by atoms with van der Waals surface area (Å²) in [6.07, 6.45) is 1.85. The van der Waals surface area contributed by atoms with Crippen molar-refractivity contribution in [2.75, 3.05) is 25.5 Å². The van der Waals surface area contributed by atoms with E-state index in [1.165, 1.54) is 0 Å². The van der Waals surface area contributed by atoms with E-state index in [4.69, 9.17) is 10.5 Å². The lowest BCUT2D eigenvalue weighted by molar-refractivity contribution is 0.410. The van der Waals surface area contributed by atoms with E-state index >= 15 is 0 Å². The highest BCUT2D eigenvalue weighted by Gasteiger charge is 2.25. The number of anilines is 1. The van der Waals surface area contributed by atoms with Crippen molar-refractivity contribution < 1.29 is 4.74 Å². The summed E-state index contributed by atoms with van der Waals surface area (Å²) in [6, 6.07) is 7.89. The number of hydrogen-bond acceptors (Lipinski definition) is 4. The molecule has 2 rings (SSSR count). The Morgan fingerprint density at radius 2 is 2.00 bits per heavy atom. The molecule has 21 heavy (non-hydrogen) atoms. The van der Waals surface area contributed by atoms with Gasteiger partial charge in [0.1, 0.15) is 11.4 Å². The molecule has 1 heterocycles. The van der Waals surface area contributed by atoms with Crippen LogP contribution in [0.5, 0.6) is 5.75 Å². The Morgan fingerprint density at radius 1 is 1.29 bits per heavy atom. The van der Waals surface area contributed by atoms with Crippen LogP contribution in [0.3, 0.4) is 0 Å². The highest BCUT2D eigenvalue weighted by atomic mass is 16.5. The third-order valence-electron chi connectivity index (χ3n) is 3.25. The number of nitrogens with one attached hydrogen (secondary N) is 1. The fraction of sp³-hybridized carbons (Fsp3) is 0.438. The summed E-state index contributed by atoms with van der Waals surface area (Å²) < 4.78 is 7.40. The Kier molecular flexibility index (Phi) is 4.53. The van der Waals surface area contributed by atoms with Gasteiger partial charge in [0.15, 0.2) is 0 Å². The number of hydrogen-bond donors (Lipinski definition) is 2. The Hall–Kier alpha value is -2.01. The standard InChI is InChI=1S/C16H24N4O/c1-16(2,3)15-12(18-10-9-17)11-19-20(15)13-7-5-6-8-14(13)21-4/h5-8,11,18H,9-10,17H2,1-4H3. The highest BCUT2D eigenvalue weighted by Crippen LogP contribution is 2.33. The normalized spacial score (nSPS) is 11.5. The van der Waals surface area contributed by atoms with Crippen molar-refractivity contribution >= 4 is 5.69 Å². The lowest BCUT2D eigenvalue weighted by atomic mass is 9.90. The van der Waals surface area contributed by atoms with Crippen LogP contribution in [0.1, 0.15) is 26.5 Å². The second kappa shape index (κ2) is 6.18. The number of benzene rings is 1. The molecule has 2 aromatic rings. The third-order valence-corrected chi connectivity index (χ3v) is 3.25. The number of nitrogens with two attached hydrogens (primary N) is 1. The zero-order valence-corrected chi connectivity index (χ0v) is 13.2.